The number of nitrogens with zero attached hydrogens (tertiary/aromatic N) is 2. The summed E-state index contributed by atoms with van der Waals surface area (Å²) in [6.45, 7) is 2.02. The number of allylic oxidation sites excluding steroid dienone is 1. The van der Waals surface area contributed by atoms with Crippen LogP contribution in [0.3, 0.4) is 0 Å². The molecule has 0 amide bonds. The molecule has 3 nitrogen and oxygen atoms in total. The second-order valence-corrected chi connectivity index (χ2v) is 7.63. The SMILES string of the molecule is CCC1N=CNN1c1ccc(C=CC(c2cc(Cl)c(Cl)c(Cl)c2)C(F)(F)F)cc1. The minimum atomic E-state index is -4.51. The van der Waals surface area contributed by atoms with Gasteiger partial charge in [0.2, 0.25) is 0 Å². The van der Waals surface area contributed by atoms with Crippen molar-refractivity contribution in [1.82, 2.24) is 5.43 Å². The molecule has 1 N–H and O–H groups in total. The fourth-order valence-corrected chi connectivity index (χ4v) is 3.60. The van der Waals surface area contributed by atoms with Gasteiger partial charge in [0.25, 0.3) is 0 Å². The molecule has 0 spiro atoms. The summed E-state index contributed by atoms with van der Waals surface area (Å²) in [7, 11) is 0. The average Bonchev–Trinajstić information content (AvgIpc) is 3.14. The second-order valence-electron chi connectivity index (χ2n) is 6.43. The highest BCUT2D eigenvalue weighted by Crippen LogP contribution is 2.41. The first-order valence-electron chi connectivity index (χ1n) is 8.77. The van der Waals surface area contributed by atoms with Crippen LogP contribution in [0, 0.1) is 0 Å². The lowest BCUT2D eigenvalue weighted by Gasteiger charge is -2.24. The summed E-state index contributed by atoms with van der Waals surface area (Å²) in [4.78, 5) is 4.29. The van der Waals surface area contributed by atoms with Gasteiger partial charge in [0.15, 0.2) is 0 Å². The van der Waals surface area contributed by atoms with E-state index in [-0.39, 0.29) is 26.8 Å². The number of alkyl halides is 3. The first-order valence-corrected chi connectivity index (χ1v) is 9.90. The third kappa shape index (κ3) is 5.00. The lowest BCUT2D eigenvalue weighted by atomic mass is 9.97. The normalized spacial score (nSPS) is 17.8. The zero-order valence-corrected chi connectivity index (χ0v) is 17.5. The van der Waals surface area contributed by atoms with Gasteiger partial charge in [0.1, 0.15) is 12.5 Å². The molecule has 29 heavy (non-hydrogen) atoms. The van der Waals surface area contributed by atoms with Crippen molar-refractivity contribution in [3.8, 4) is 0 Å². The van der Waals surface area contributed by atoms with Crippen LogP contribution in [-0.2, 0) is 0 Å². The van der Waals surface area contributed by atoms with E-state index >= 15 is 0 Å². The molecule has 0 bridgehead atoms. The van der Waals surface area contributed by atoms with E-state index in [1.807, 2.05) is 24.1 Å². The maximum Gasteiger partial charge on any atom is 0.399 e. The predicted molar refractivity (Wildman–Crippen MR) is 114 cm³/mol. The van der Waals surface area contributed by atoms with Crippen molar-refractivity contribution in [2.45, 2.75) is 31.6 Å². The van der Waals surface area contributed by atoms with Crippen molar-refractivity contribution >= 4 is 52.9 Å². The largest absolute Gasteiger partial charge is 0.399 e. The molecule has 2 unspecified atom stereocenters. The quantitative estimate of drug-likeness (QED) is 0.480. The molecule has 0 aromatic heterocycles. The van der Waals surface area contributed by atoms with Gasteiger partial charge < -0.3 is 0 Å². The molecule has 2 atom stereocenters. The van der Waals surface area contributed by atoms with Gasteiger partial charge in [-0.15, -0.1) is 0 Å². The van der Waals surface area contributed by atoms with Gasteiger partial charge >= 0.3 is 6.18 Å². The fourth-order valence-electron chi connectivity index (χ4n) is 2.99. The van der Waals surface area contributed by atoms with E-state index < -0.39 is 12.1 Å². The van der Waals surface area contributed by atoms with E-state index in [1.54, 1.807) is 18.5 Å². The molecule has 0 saturated carbocycles. The van der Waals surface area contributed by atoms with Gasteiger partial charge in [-0.3, -0.25) is 10.4 Å². The highest BCUT2D eigenvalue weighted by molar-refractivity contribution is 6.48. The van der Waals surface area contributed by atoms with Gasteiger partial charge in [-0.25, -0.2) is 4.99 Å². The summed E-state index contributed by atoms with van der Waals surface area (Å²) in [5.41, 5.74) is 4.46. The van der Waals surface area contributed by atoms with Gasteiger partial charge in [0, 0.05) is 0 Å². The van der Waals surface area contributed by atoms with Crippen LogP contribution < -0.4 is 10.4 Å². The number of hydrazine groups is 1. The van der Waals surface area contributed by atoms with E-state index in [2.05, 4.69) is 10.4 Å². The molecular weight excluding hydrogens is 446 g/mol. The second kappa shape index (κ2) is 8.86. The lowest BCUT2D eigenvalue weighted by Crippen LogP contribution is -2.38. The summed E-state index contributed by atoms with van der Waals surface area (Å²) < 4.78 is 40.9. The molecule has 0 fully saturated rings. The maximum atomic E-state index is 13.6. The third-order valence-corrected chi connectivity index (χ3v) is 5.67. The Morgan fingerprint density at radius 3 is 2.31 bits per heavy atom. The Labute approximate surface area is 181 Å². The maximum absolute atomic E-state index is 13.6. The fraction of sp³-hybridized carbons (Fsp3) is 0.250. The minimum absolute atomic E-state index is 0.00889. The Bertz CT molecular complexity index is 904. The van der Waals surface area contributed by atoms with E-state index in [4.69, 9.17) is 34.8 Å². The van der Waals surface area contributed by atoms with Gasteiger partial charge in [-0.1, -0.05) is 66.0 Å². The molecule has 0 aliphatic carbocycles. The Morgan fingerprint density at radius 2 is 1.76 bits per heavy atom. The van der Waals surface area contributed by atoms with E-state index in [0.29, 0.717) is 5.56 Å². The van der Waals surface area contributed by atoms with Crippen molar-refractivity contribution < 1.29 is 13.2 Å². The number of anilines is 1. The number of hydrogen-bond donors (Lipinski definition) is 1. The van der Waals surface area contributed by atoms with Crippen LogP contribution in [0.1, 0.15) is 30.4 Å². The van der Waals surface area contributed by atoms with Crippen LogP contribution in [0.4, 0.5) is 18.9 Å². The monoisotopic (exact) mass is 461 g/mol. The minimum Gasteiger partial charge on any atom is -0.286 e. The zero-order chi connectivity index (χ0) is 21.2. The predicted octanol–water partition coefficient (Wildman–Crippen LogP) is 7.10. The number of hydrogen-bond acceptors (Lipinski definition) is 3. The van der Waals surface area contributed by atoms with Crippen molar-refractivity contribution in [3.05, 3.63) is 68.7 Å². The van der Waals surface area contributed by atoms with Crippen LogP contribution >= 0.6 is 34.8 Å². The van der Waals surface area contributed by atoms with Gasteiger partial charge in [-0.05, 0) is 41.8 Å². The van der Waals surface area contributed by atoms with Crippen LogP contribution in [0.5, 0.6) is 0 Å². The number of rotatable bonds is 5. The molecule has 2 aromatic rings. The van der Waals surface area contributed by atoms with E-state index in [1.165, 1.54) is 18.2 Å². The molecule has 9 heteroatoms. The summed E-state index contributed by atoms with van der Waals surface area (Å²) >= 11 is 17.7. The molecule has 3 rings (SSSR count). The Kier molecular flexibility index (Phi) is 6.66. The Balaban J connectivity index is 1.83. The third-order valence-electron chi connectivity index (χ3n) is 4.48. The van der Waals surface area contributed by atoms with Crippen molar-refractivity contribution in [3.63, 3.8) is 0 Å². The lowest BCUT2D eigenvalue weighted by molar-refractivity contribution is -0.139. The molecule has 1 aliphatic rings. The molecule has 0 radical (unpaired) electrons. The topological polar surface area (TPSA) is 27.6 Å². The molecule has 2 aromatic carbocycles. The molecule has 0 saturated heterocycles. The highest BCUT2D eigenvalue weighted by Gasteiger charge is 2.39. The first kappa shape index (κ1) is 21.8. The van der Waals surface area contributed by atoms with Gasteiger partial charge in [0.05, 0.1) is 26.7 Å². The smallest absolute Gasteiger partial charge is 0.286 e. The van der Waals surface area contributed by atoms with Crippen LogP contribution in [-0.4, -0.2) is 18.7 Å². The molecule has 154 valence electrons. The zero-order valence-electron chi connectivity index (χ0n) is 15.2. The van der Waals surface area contributed by atoms with E-state index in [0.717, 1.165) is 18.2 Å². The molecule has 1 heterocycles. The summed E-state index contributed by atoms with van der Waals surface area (Å²) in [6.07, 6.45) is 0.427. The Hall–Kier alpha value is -1.89. The highest BCUT2D eigenvalue weighted by atomic mass is 35.5. The number of aliphatic imine (C=N–C) groups is 1. The number of nitrogens with one attached hydrogen (secondary N) is 1. The van der Waals surface area contributed by atoms with E-state index in [9.17, 15) is 13.2 Å². The Morgan fingerprint density at radius 1 is 1.14 bits per heavy atom. The van der Waals surface area contributed by atoms with Gasteiger partial charge in [-0.2, -0.15) is 13.2 Å². The van der Waals surface area contributed by atoms with Crippen LogP contribution in [0.25, 0.3) is 6.08 Å². The number of halogens is 6. The summed E-state index contributed by atoms with van der Waals surface area (Å²) in [5, 5.41) is 1.88. The first-order chi connectivity index (χ1) is 13.7. The molecular formula is C20H17Cl3F3N3. The van der Waals surface area contributed by atoms with Crippen LogP contribution in [0.15, 0.2) is 47.5 Å². The summed E-state index contributed by atoms with van der Waals surface area (Å²) in [5.74, 6) is -1.87. The van der Waals surface area contributed by atoms with Crippen molar-refractivity contribution in [2.75, 3.05) is 5.01 Å². The average molecular weight is 463 g/mol. The standard InChI is InChI=1S/C20H17Cl3F3N3/c1-2-18-27-11-28-29(18)14-6-3-12(4-7-14)5-8-15(20(24,25)26)13-9-16(21)19(23)17(22)10-13/h3-11,15,18H,2H2,1H3,(H,27,28). The molecule has 1 aliphatic heterocycles. The summed E-state index contributed by atoms with van der Waals surface area (Å²) in [6, 6.07) is 9.50. The van der Waals surface area contributed by atoms with Crippen molar-refractivity contribution in [2.24, 2.45) is 4.99 Å². The number of benzene rings is 2. The van der Waals surface area contributed by atoms with Crippen LogP contribution in [0.2, 0.25) is 15.1 Å². The van der Waals surface area contributed by atoms with Crippen molar-refractivity contribution in [1.29, 1.82) is 0 Å².